The molecule has 2 N–H and O–H groups in total. The molecule has 0 aliphatic rings. The van der Waals surface area contributed by atoms with E-state index in [1.807, 2.05) is 65.0 Å². The lowest BCUT2D eigenvalue weighted by atomic mass is 9.82. The van der Waals surface area contributed by atoms with Crippen LogP contribution in [0.5, 0.6) is 5.75 Å². The molecular formula is C31H37NO5. The molecule has 0 aliphatic heterocycles. The number of aliphatic carboxylic acids is 1. The number of hydrogen-bond donors (Lipinski definition) is 2. The van der Waals surface area contributed by atoms with Crippen LogP contribution in [0, 0.1) is 27.7 Å². The molecule has 0 saturated carbocycles. The maximum atomic E-state index is 12.7. The molecule has 6 heteroatoms. The van der Waals surface area contributed by atoms with Gasteiger partial charge in [0.2, 0.25) is 5.91 Å². The molecule has 0 spiro atoms. The zero-order valence-corrected chi connectivity index (χ0v) is 23.2. The summed E-state index contributed by atoms with van der Waals surface area (Å²) in [6.07, 6.45) is -1.25. The Morgan fingerprint density at radius 1 is 0.865 bits per heavy atom. The lowest BCUT2D eigenvalue weighted by Gasteiger charge is -2.31. The second kappa shape index (κ2) is 10.8. The molecule has 3 aromatic rings. The fourth-order valence-electron chi connectivity index (χ4n) is 4.66. The largest absolute Gasteiger partial charge is 0.497 e. The standard InChI is InChI=1S/C31H37NO5/c1-17-10-11-23(16-18(17)2)26-19(3)25(22-12-14-24(36-9)15-13-22)27(20(4)28(26)32-21(5)33)29(30(34)35)37-31(6,7)8/h10-16,29H,1-9H3,(H,32,33)(H,34,35). The van der Waals surface area contributed by atoms with Crippen molar-refractivity contribution in [3.63, 3.8) is 0 Å². The van der Waals surface area contributed by atoms with Gasteiger partial charge in [0.15, 0.2) is 6.10 Å². The van der Waals surface area contributed by atoms with E-state index in [-0.39, 0.29) is 5.91 Å². The molecule has 37 heavy (non-hydrogen) atoms. The molecule has 0 radical (unpaired) electrons. The Kier molecular flexibility index (Phi) is 8.13. The van der Waals surface area contributed by atoms with E-state index in [0.717, 1.165) is 38.9 Å². The van der Waals surface area contributed by atoms with Crippen molar-refractivity contribution in [2.45, 2.75) is 67.1 Å². The van der Waals surface area contributed by atoms with Gasteiger partial charge in [-0.3, -0.25) is 4.79 Å². The first-order valence-corrected chi connectivity index (χ1v) is 12.3. The van der Waals surface area contributed by atoms with Gasteiger partial charge in [0, 0.05) is 18.1 Å². The Balaban J connectivity index is 2.52. The number of methoxy groups -OCH3 is 1. The monoisotopic (exact) mass is 503 g/mol. The van der Waals surface area contributed by atoms with Crippen LogP contribution in [0.1, 0.15) is 61.6 Å². The first-order valence-electron chi connectivity index (χ1n) is 12.3. The normalized spacial score (nSPS) is 12.2. The molecule has 0 saturated heterocycles. The van der Waals surface area contributed by atoms with Crippen LogP contribution in [0.2, 0.25) is 0 Å². The summed E-state index contributed by atoms with van der Waals surface area (Å²) < 4.78 is 11.5. The molecule has 1 amide bonds. The molecule has 0 aliphatic carbocycles. The second-order valence-corrected chi connectivity index (χ2v) is 10.4. The van der Waals surface area contributed by atoms with Gasteiger partial charge in [-0.15, -0.1) is 0 Å². The lowest BCUT2D eigenvalue weighted by molar-refractivity contribution is -0.160. The third-order valence-corrected chi connectivity index (χ3v) is 6.48. The van der Waals surface area contributed by atoms with Crippen molar-refractivity contribution in [1.82, 2.24) is 0 Å². The van der Waals surface area contributed by atoms with Crippen LogP contribution >= 0.6 is 0 Å². The molecule has 0 fully saturated rings. The van der Waals surface area contributed by atoms with Gasteiger partial charge in [-0.1, -0.05) is 30.3 Å². The smallest absolute Gasteiger partial charge is 0.337 e. The predicted octanol–water partition coefficient (Wildman–Crippen LogP) is 7.16. The molecular weight excluding hydrogens is 466 g/mol. The van der Waals surface area contributed by atoms with E-state index in [4.69, 9.17) is 9.47 Å². The third kappa shape index (κ3) is 6.03. The maximum Gasteiger partial charge on any atom is 0.337 e. The van der Waals surface area contributed by atoms with Crippen molar-refractivity contribution in [3.8, 4) is 28.0 Å². The third-order valence-electron chi connectivity index (χ3n) is 6.48. The Morgan fingerprint density at radius 2 is 1.46 bits per heavy atom. The van der Waals surface area contributed by atoms with Crippen LogP contribution in [-0.4, -0.2) is 29.7 Å². The number of carboxylic acids is 1. The van der Waals surface area contributed by atoms with Crippen molar-refractivity contribution in [3.05, 3.63) is 70.3 Å². The van der Waals surface area contributed by atoms with Gasteiger partial charge < -0.3 is 19.9 Å². The van der Waals surface area contributed by atoms with Crippen molar-refractivity contribution < 1.29 is 24.2 Å². The van der Waals surface area contributed by atoms with Crippen molar-refractivity contribution >= 4 is 17.6 Å². The highest BCUT2D eigenvalue weighted by Crippen LogP contribution is 2.47. The zero-order chi connectivity index (χ0) is 27.7. The molecule has 1 unspecified atom stereocenters. The minimum Gasteiger partial charge on any atom is -0.497 e. The summed E-state index contributed by atoms with van der Waals surface area (Å²) in [6, 6.07) is 13.7. The Bertz CT molecular complexity index is 1330. The molecule has 1 atom stereocenters. The van der Waals surface area contributed by atoms with E-state index < -0.39 is 17.7 Å². The summed E-state index contributed by atoms with van der Waals surface area (Å²) in [5, 5.41) is 13.4. The molecule has 3 rings (SSSR count). The fraction of sp³-hybridized carbons (Fsp3) is 0.355. The quantitative estimate of drug-likeness (QED) is 0.357. The number of anilines is 1. The van der Waals surface area contributed by atoms with Crippen molar-refractivity contribution in [1.29, 1.82) is 0 Å². The Morgan fingerprint density at radius 3 is 1.95 bits per heavy atom. The highest BCUT2D eigenvalue weighted by Gasteiger charge is 2.34. The minimum absolute atomic E-state index is 0.237. The van der Waals surface area contributed by atoms with E-state index in [0.29, 0.717) is 22.6 Å². The number of ether oxygens (including phenoxy) is 2. The van der Waals surface area contributed by atoms with E-state index in [9.17, 15) is 14.7 Å². The predicted molar refractivity (Wildman–Crippen MR) is 148 cm³/mol. The van der Waals surface area contributed by atoms with Crippen LogP contribution in [0.25, 0.3) is 22.3 Å². The maximum absolute atomic E-state index is 12.7. The summed E-state index contributed by atoms with van der Waals surface area (Å²) in [7, 11) is 1.60. The number of rotatable bonds is 7. The van der Waals surface area contributed by atoms with Crippen LogP contribution in [-0.2, 0) is 14.3 Å². The van der Waals surface area contributed by atoms with E-state index >= 15 is 0 Å². The number of carbonyl (C=O) groups excluding carboxylic acids is 1. The highest BCUT2D eigenvalue weighted by atomic mass is 16.5. The van der Waals surface area contributed by atoms with Gasteiger partial charge in [0.05, 0.1) is 18.4 Å². The van der Waals surface area contributed by atoms with Gasteiger partial charge in [-0.25, -0.2) is 4.79 Å². The highest BCUT2D eigenvalue weighted by molar-refractivity contribution is 6.00. The topological polar surface area (TPSA) is 84.9 Å². The van der Waals surface area contributed by atoms with Gasteiger partial charge in [0.25, 0.3) is 0 Å². The van der Waals surface area contributed by atoms with Crippen LogP contribution in [0.4, 0.5) is 5.69 Å². The van der Waals surface area contributed by atoms with Crippen LogP contribution < -0.4 is 10.1 Å². The van der Waals surface area contributed by atoms with Gasteiger partial charge in [-0.2, -0.15) is 0 Å². The van der Waals surface area contributed by atoms with E-state index in [2.05, 4.69) is 31.3 Å². The van der Waals surface area contributed by atoms with Crippen molar-refractivity contribution in [2.75, 3.05) is 12.4 Å². The first kappa shape index (κ1) is 27.9. The molecule has 196 valence electrons. The summed E-state index contributed by atoms with van der Waals surface area (Å²) >= 11 is 0. The lowest BCUT2D eigenvalue weighted by Crippen LogP contribution is -2.29. The fourth-order valence-corrected chi connectivity index (χ4v) is 4.66. The summed E-state index contributed by atoms with van der Waals surface area (Å²) in [6.45, 7) is 14.9. The molecule has 3 aromatic carbocycles. The summed E-state index contributed by atoms with van der Waals surface area (Å²) in [5.74, 6) is -0.635. The zero-order valence-electron chi connectivity index (χ0n) is 23.2. The second-order valence-electron chi connectivity index (χ2n) is 10.4. The van der Waals surface area contributed by atoms with Crippen LogP contribution in [0.15, 0.2) is 42.5 Å². The number of carboxylic acid groups (broad SMARTS) is 1. The molecule has 0 heterocycles. The SMILES string of the molecule is COc1ccc(-c2c(C)c(-c3ccc(C)c(C)c3)c(NC(C)=O)c(C)c2C(OC(C)(C)C)C(=O)O)cc1. The summed E-state index contributed by atoms with van der Waals surface area (Å²) in [4.78, 5) is 25.0. The van der Waals surface area contributed by atoms with E-state index in [1.54, 1.807) is 7.11 Å². The number of aryl methyl sites for hydroxylation is 2. The Labute approximate surface area is 219 Å². The summed E-state index contributed by atoms with van der Waals surface area (Å²) in [5.41, 5.74) is 7.56. The molecule has 0 bridgehead atoms. The molecule has 6 nitrogen and oxygen atoms in total. The van der Waals surface area contributed by atoms with Crippen LogP contribution in [0.3, 0.4) is 0 Å². The number of nitrogens with one attached hydrogen (secondary N) is 1. The number of amides is 1. The van der Waals surface area contributed by atoms with E-state index in [1.165, 1.54) is 6.92 Å². The number of benzene rings is 3. The van der Waals surface area contributed by atoms with Gasteiger partial charge in [0.1, 0.15) is 5.75 Å². The average Bonchev–Trinajstić information content (AvgIpc) is 2.81. The minimum atomic E-state index is -1.25. The first-order chi connectivity index (χ1) is 17.2. The van der Waals surface area contributed by atoms with Gasteiger partial charge in [-0.05, 0) is 99.5 Å². The van der Waals surface area contributed by atoms with Gasteiger partial charge >= 0.3 is 5.97 Å². The van der Waals surface area contributed by atoms with Crippen molar-refractivity contribution in [2.24, 2.45) is 0 Å². The molecule has 0 aromatic heterocycles. The number of carbonyl (C=O) groups is 2. The number of hydrogen-bond acceptors (Lipinski definition) is 4. The average molecular weight is 504 g/mol. The Hall–Kier alpha value is -3.64.